The summed E-state index contributed by atoms with van der Waals surface area (Å²) < 4.78 is 1.06. The molecule has 2 unspecified atom stereocenters. The second-order valence-corrected chi connectivity index (χ2v) is 6.12. The molecule has 0 spiro atoms. The zero-order chi connectivity index (χ0) is 14.4. The highest BCUT2D eigenvalue weighted by Gasteiger charge is 2.34. The highest BCUT2D eigenvalue weighted by molar-refractivity contribution is 6.07. The number of aryl methyl sites for hydroxylation is 1. The Bertz CT molecular complexity index is 586. The highest BCUT2D eigenvalue weighted by atomic mass is 16.1. The Balaban J connectivity index is 2.57. The summed E-state index contributed by atoms with van der Waals surface area (Å²) in [7, 11) is 5.67. The molecule has 0 bridgehead atoms. The fourth-order valence-electron chi connectivity index (χ4n) is 2.10. The summed E-state index contributed by atoms with van der Waals surface area (Å²) in [6.45, 7) is 10.3. The number of aliphatic imine (C=N–C) groups is 1. The Kier molecular flexibility index (Phi) is 3.28. The molecule has 1 aromatic heterocycles. The van der Waals surface area contributed by atoms with Gasteiger partial charge in [0.15, 0.2) is 0 Å². The van der Waals surface area contributed by atoms with Crippen LogP contribution in [0.3, 0.4) is 0 Å². The van der Waals surface area contributed by atoms with Gasteiger partial charge in [-0.05, 0) is 18.3 Å². The van der Waals surface area contributed by atoms with Crippen molar-refractivity contribution < 1.29 is 0 Å². The van der Waals surface area contributed by atoms with Crippen molar-refractivity contribution in [3.63, 3.8) is 0 Å². The normalized spacial score (nSPS) is 19.7. The fourth-order valence-corrected chi connectivity index (χ4v) is 2.10. The first kappa shape index (κ1) is 13.8. The smallest absolute Gasteiger partial charge is 0.264 e. The maximum absolute atomic E-state index is 12.1. The van der Waals surface area contributed by atoms with Crippen molar-refractivity contribution in [1.82, 2.24) is 9.46 Å². The summed E-state index contributed by atoms with van der Waals surface area (Å²) in [5.41, 5.74) is 0.933. The molecule has 0 saturated heterocycles. The third kappa shape index (κ3) is 2.31. The van der Waals surface area contributed by atoms with Crippen molar-refractivity contribution in [3.05, 3.63) is 21.9 Å². The van der Waals surface area contributed by atoms with Crippen LogP contribution in [0.15, 0.2) is 9.79 Å². The van der Waals surface area contributed by atoms with Crippen LogP contribution in [-0.4, -0.2) is 23.8 Å². The van der Waals surface area contributed by atoms with Gasteiger partial charge in [0.25, 0.3) is 5.56 Å². The largest absolute Gasteiger partial charge is 0.353 e. The van der Waals surface area contributed by atoms with E-state index in [4.69, 9.17) is 7.98 Å². The topological polar surface area (TPSA) is 59.3 Å². The zero-order valence-corrected chi connectivity index (χ0v) is 12.1. The first-order valence-electron chi connectivity index (χ1n) is 6.40. The quantitative estimate of drug-likeness (QED) is 0.779. The summed E-state index contributed by atoms with van der Waals surface area (Å²) in [5, 5.41) is 2.87. The lowest BCUT2D eigenvalue weighted by Gasteiger charge is -2.34. The van der Waals surface area contributed by atoms with E-state index >= 15 is 0 Å². The number of aromatic nitrogens is 2. The van der Waals surface area contributed by atoms with Gasteiger partial charge in [0.2, 0.25) is 7.98 Å². The van der Waals surface area contributed by atoms with Crippen molar-refractivity contribution in [2.45, 2.75) is 40.7 Å². The third-order valence-corrected chi connectivity index (χ3v) is 3.88. The molecule has 100 valence electrons. The van der Waals surface area contributed by atoms with Gasteiger partial charge in [0.1, 0.15) is 5.69 Å². The van der Waals surface area contributed by atoms with Gasteiger partial charge in [-0.3, -0.25) is 9.79 Å². The Morgan fingerprint density at radius 3 is 2.68 bits per heavy atom. The van der Waals surface area contributed by atoms with E-state index in [1.165, 1.54) is 0 Å². The van der Waals surface area contributed by atoms with Crippen molar-refractivity contribution in [1.29, 1.82) is 0 Å². The predicted octanol–water partition coefficient (Wildman–Crippen LogP) is 1.66. The number of rotatable bonds is 1. The molecule has 6 heteroatoms. The molecule has 2 radical (unpaired) electrons. The zero-order valence-electron chi connectivity index (χ0n) is 12.1. The standard InChI is InChI=1S/C13H19BN4O/c1-7(13(3,4)5)9-10-11(16-6-15-9)12(19)18(14)8(2)17-10/h6-7,9H,1-5H3,(H,15,16). The van der Waals surface area contributed by atoms with Gasteiger partial charge in [-0.25, -0.2) is 4.98 Å². The number of nitrogens with one attached hydrogen (secondary N) is 1. The molecule has 5 nitrogen and oxygen atoms in total. The third-order valence-electron chi connectivity index (χ3n) is 3.88. The second-order valence-electron chi connectivity index (χ2n) is 6.12. The van der Waals surface area contributed by atoms with Gasteiger partial charge in [0, 0.05) is 0 Å². The van der Waals surface area contributed by atoms with E-state index < -0.39 is 0 Å². The molecule has 2 atom stereocenters. The number of hydrogen-bond donors (Lipinski definition) is 1. The molecule has 1 aliphatic rings. The number of nitrogens with zero attached hydrogens (tertiary/aromatic N) is 3. The van der Waals surface area contributed by atoms with Gasteiger partial charge in [0.05, 0.1) is 23.9 Å². The van der Waals surface area contributed by atoms with Crippen LogP contribution in [-0.2, 0) is 0 Å². The van der Waals surface area contributed by atoms with E-state index in [0.29, 0.717) is 17.2 Å². The van der Waals surface area contributed by atoms with Crippen molar-refractivity contribution in [3.8, 4) is 0 Å². The minimum atomic E-state index is -0.264. The van der Waals surface area contributed by atoms with Crippen LogP contribution in [0.2, 0.25) is 0 Å². The Labute approximate surface area is 114 Å². The molecule has 0 aliphatic carbocycles. The summed E-state index contributed by atoms with van der Waals surface area (Å²) in [6.07, 6.45) is 1.56. The number of fused-ring (bicyclic) bond motifs is 1. The van der Waals surface area contributed by atoms with Gasteiger partial charge in [-0.2, -0.15) is 0 Å². The molecule has 0 fully saturated rings. The molecular formula is C13H19BN4O. The summed E-state index contributed by atoms with van der Waals surface area (Å²) in [6, 6.07) is -0.121. The van der Waals surface area contributed by atoms with E-state index in [1.807, 2.05) is 0 Å². The van der Waals surface area contributed by atoms with Gasteiger partial charge < -0.3 is 9.79 Å². The minimum Gasteiger partial charge on any atom is -0.353 e. The number of hydrogen-bond acceptors (Lipinski definition) is 4. The summed E-state index contributed by atoms with van der Waals surface area (Å²) >= 11 is 0. The Morgan fingerprint density at radius 2 is 2.11 bits per heavy atom. The molecule has 2 heterocycles. The lowest BCUT2D eigenvalue weighted by molar-refractivity contribution is 0.221. The Hall–Kier alpha value is -1.59. The van der Waals surface area contributed by atoms with Crippen molar-refractivity contribution in [2.24, 2.45) is 16.3 Å². The van der Waals surface area contributed by atoms with E-state index in [9.17, 15) is 4.79 Å². The summed E-state index contributed by atoms with van der Waals surface area (Å²) in [5.74, 6) is 0.748. The van der Waals surface area contributed by atoms with Crippen LogP contribution in [0.4, 0.5) is 5.69 Å². The second kappa shape index (κ2) is 4.51. The van der Waals surface area contributed by atoms with Gasteiger partial charge >= 0.3 is 0 Å². The Morgan fingerprint density at radius 1 is 1.47 bits per heavy atom. The lowest BCUT2D eigenvalue weighted by Crippen LogP contribution is -2.33. The van der Waals surface area contributed by atoms with E-state index in [1.54, 1.807) is 13.3 Å². The van der Waals surface area contributed by atoms with Gasteiger partial charge in [-0.1, -0.05) is 27.7 Å². The van der Waals surface area contributed by atoms with E-state index in [0.717, 1.165) is 4.48 Å². The molecule has 2 rings (SSSR count). The van der Waals surface area contributed by atoms with Crippen LogP contribution in [0.5, 0.6) is 0 Å². The van der Waals surface area contributed by atoms with E-state index in [2.05, 4.69) is 43.0 Å². The van der Waals surface area contributed by atoms with Crippen LogP contribution < -0.4 is 10.9 Å². The first-order valence-corrected chi connectivity index (χ1v) is 6.40. The monoisotopic (exact) mass is 258 g/mol. The first-order chi connectivity index (χ1) is 8.73. The summed E-state index contributed by atoms with van der Waals surface area (Å²) in [4.78, 5) is 21.0. The molecular weight excluding hydrogens is 239 g/mol. The van der Waals surface area contributed by atoms with Crippen LogP contribution in [0.1, 0.15) is 45.3 Å². The molecule has 0 aromatic carbocycles. The molecule has 1 aromatic rings. The molecule has 0 amide bonds. The van der Waals surface area contributed by atoms with E-state index in [-0.39, 0.29) is 22.9 Å². The average Bonchev–Trinajstić information content (AvgIpc) is 2.33. The molecule has 19 heavy (non-hydrogen) atoms. The van der Waals surface area contributed by atoms with Gasteiger partial charge in [-0.15, -0.1) is 0 Å². The molecule has 1 aliphatic heterocycles. The molecule has 0 saturated carbocycles. The van der Waals surface area contributed by atoms with Crippen molar-refractivity contribution >= 4 is 20.0 Å². The average molecular weight is 258 g/mol. The van der Waals surface area contributed by atoms with Crippen LogP contribution in [0.25, 0.3) is 0 Å². The maximum Gasteiger partial charge on any atom is 0.264 e. The van der Waals surface area contributed by atoms with Crippen molar-refractivity contribution in [2.75, 3.05) is 5.32 Å². The minimum absolute atomic E-state index is 0.0732. The number of anilines is 1. The maximum atomic E-state index is 12.1. The predicted molar refractivity (Wildman–Crippen MR) is 77.9 cm³/mol. The van der Waals surface area contributed by atoms with Crippen LogP contribution in [0, 0.1) is 18.3 Å². The fraction of sp³-hybridized carbons (Fsp3) is 0.615. The molecule has 1 N–H and O–H groups in total. The lowest BCUT2D eigenvalue weighted by atomic mass is 9.76. The van der Waals surface area contributed by atoms with Crippen LogP contribution >= 0.6 is 0 Å². The highest BCUT2D eigenvalue weighted by Crippen LogP contribution is 2.40. The SMILES string of the molecule is [B]n1c(C)nc2c(c1=O)NC=NC2C(C)C(C)(C)C.